The van der Waals surface area contributed by atoms with Crippen LogP contribution in [-0.2, 0) is 0 Å². The van der Waals surface area contributed by atoms with Gasteiger partial charge in [-0.05, 0) is 12.5 Å². The number of nitrogens with one attached hydrogen (secondary N) is 1. The summed E-state index contributed by atoms with van der Waals surface area (Å²) in [6.45, 7) is 2.21. The minimum atomic E-state index is 0.310. The number of thioether (sulfide) groups is 1. The van der Waals surface area contributed by atoms with Crippen LogP contribution in [0.5, 0.6) is 11.5 Å². The van der Waals surface area contributed by atoms with Crippen LogP contribution in [0.4, 0.5) is 0 Å². The number of hydrogen-bond donors (Lipinski definition) is 1. The molecule has 2 unspecified atom stereocenters. The van der Waals surface area contributed by atoms with Crippen molar-refractivity contribution < 1.29 is 9.47 Å². The van der Waals surface area contributed by atoms with Crippen molar-refractivity contribution in [3.8, 4) is 11.5 Å². The molecule has 4 heteroatoms. The lowest BCUT2D eigenvalue weighted by atomic mass is 10.1. The summed E-state index contributed by atoms with van der Waals surface area (Å²) in [5.41, 5.74) is 1.17. The molecule has 1 aromatic carbocycles. The van der Waals surface area contributed by atoms with E-state index in [0.717, 1.165) is 23.7 Å². The van der Waals surface area contributed by atoms with E-state index in [-0.39, 0.29) is 0 Å². The van der Waals surface area contributed by atoms with E-state index in [0.29, 0.717) is 11.4 Å². The lowest BCUT2D eigenvalue weighted by molar-refractivity contribution is 0.350. The normalized spacial score (nSPS) is 23.7. The Hall–Kier alpha value is -0.870. The summed E-state index contributed by atoms with van der Waals surface area (Å²) in [5, 5.41) is 3.92. The highest BCUT2D eigenvalue weighted by Crippen LogP contribution is 2.41. The second-order valence-corrected chi connectivity index (χ2v) is 5.21. The fraction of sp³-hybridized carbons (Fsp3) is 0.538. The molecule has 0 bridgehead atoms. The quantitative estimate of drug-likeness (QED) is 0.894. The molecule has 0 aliphatic carbocycles. The molecule has 1 heterocycles. The monoisotopic (exact) mass is 253 g/mol. The van der Waals surface area contributed by atoms with Gasteiger partial charge in [-0.1, -0.05) is 19.1 Å². The average Bonchev–Trinajstić information content (AvgIpc) is 2.86. The van der Waals surface area contributed by atoms with E-state index in [1.807, 2.05) is 23.9 Å². The Bertz CT molecular complexity index is 384. The van der Waals surface area contributed by atoms with Crippen molar-refractivity contribution >= 4 is 11.8 Å². The Morgan fingerprint density at radius 1 is 1.35 bits per heavy atom. The zero-order valence-electron chi connectivity index (χ0n) is 10.5. The molecule has 2 rings (SSSR count). The summed E-state index contributed by atoms with van der Waals surface area (Å²) < 4.78 is 10.8. The van der Waals surface area contributed by atoms with Crippen LogP contribution in [0.3, 0.4) is 0 Å². The Morgan fingerprint density at radius 3 is 2.76 bits per heavy atom. The van der Waals surface area contributed by atoms with E-state index in [1.54, 1.807) is 14.2 Å². The van der Waals surface area contributed by atoms with Crippen molar-refractivity contribution in [3.63, 3.8) is 0 Å². The van der Waals surface area contributed by atoms with Crippen LogP contribution in [0.1, 0.15) is 24.3 Å². The summed E-state index contributed by atoms with van der Waals surface area (Å²) in [6.07, 6.45) is 1.16. The molecule has 1 aromatic rings. The predicted molar refractivity (Wildman–Crippen MR) is 72.0 cm³/mol. The van der Waals surface area contributed by atoms with Crippen molar-refractivity contribution in [1.82, 2.24) is 5.32 Å². The average molecular weight is 253 g/mol. The highest BCUT2D eigenvalue weighted by Gasteiger charge is 2.27. The summed E-state index contributed by atoms with van der Waals surface area (Å²) >= 11 is 1.93. The number of para-hydroxylation sites is 1. The second kappa shape index (κ2) is 5.65. The van der Waals surface area contributed by atoms with E-state index in [2.05, 4.69) is 18.3 Å². The Labute approximate surface area is 107 Å². The minimum Gasteiger partial charge on any atom is -0.493 e. The molecule has 1 fully saturated rings. The Morgan fingerprint density at radius 2 is 2.18 bits per heavy atom. The lowest BCUT2D eigenvalue weighted by Crippen LogP contribution is -2.24. The van der Waals surface area contributed by atoms with Gasteiger partial charge in [0.1, 0.15) is 0 Å². The first kappa shape index (κ1) is 12.6. The first-order valence-corrected chi connectivity index (χ1v) is 6.93. The van der Waals surface area contributed by atoms with E-state index in [1.165, 1.54) is 5.56 Å². The molecule has 0 saturated carbocycles. The molecule has 0 spiro atoms. The molecule has 1 saturated heterocycles. The van der Waals surface area contributed by atoms with Crippen LogP contribution >= 0.6 is 11.8 Å². The van der Waals surface area contributed by atoms with Crippen molar-refractivity contribution in [1.29, 1.82) is 0 Å². The SMILES string of the molecule is CCC1CSC(c2cccc(OC)c2OC)N1. The number of ether oxygens (including phenoxy) is 2. The zero-order valence-corrected chi connectivity index (χ0v) is 11.3. The van der Waals surface area contributed by atoms with Crippen LogP contribution in [0, 0.1) is 0 Å². The predicted octanol–water partition coefficient (Wildman–Crippen LogP) is 2.82. The van der Waals surface area contributed by atoms with Crippen molar-refractivity contribution in [2.45, 2.75) is 24.8 Å². The number of benzene rings is 1. The molecule has 1 aliphatic rings. The minimum absolute atomic E-state index is 0.310. The molecule has 3 nitrogen and oxygen atoms in total. The first-order valence-electron chi connectivity index (χ1n) is 5.88. The van der Waals surface area contributed by atoms with Gasteiger partial charge in [-0.3, -0.25) is 5.32 Å². The van der Waals surface area contributed by atoms with Gasteiger partial charge < -0.3 is 9.47 Å². The number of rotatable bonds is 4. The maximum Gasteiger partial charge on any atom is 0.166 e. The zero-order chi connectivity index (χ0) is 12.3. The van der Waals surface area contributed by atoms with Gasteiger partial charge in [-0.25, -0.2) is 0 Å². The van der Waals surface area contributed by atoms with Crippen molar-refractivity contribution in [2.24, 2.45) is 0 Å². The van der Waals surface area contributed by atoms with Gasteiger partial charge in [-0.15, -0.1) is 11.8 Å². The third kappa shape index (κ3) is 2.53. The van der Waals surface area contributed by atoms with Gasteiger partial charge in [-0.2, -0.15) is 0 Å². The van der Waals surface area contributed by atoms with Crippen molar-refractivity contribution in [3.05, 3.63) is 23.8 Å². The molecule has 0 aromatic heterocycles. The fourth-order valence-corrected chi connectivity index (χ4v) is 3.47. The maximum atomic E-state index is 5.47. The molecule has 1 N–H and O–H groups in total. The first-order chi connectivity index (χ1) is 8.30. The smallest absolute Gasteiger partial charge is 0.166 e. The maximum absolute atomic E-state index is 5.47. The standard InChI is InChI=1S/C13H19NO2S/c1-4-9-8-17-13(14-9)10-6-5-7-11(15-2)12(10)16-3/h5-7,9,13-14H,4,8H2,1-3H3. The molecule has 94 valence electrons. The number of methoxy groups -OCH3 is 2. The van der Waals surface area contributed by atoms with Crippen LogP contribution < -0.4 is 14.8 Å². The molecule has 2 atom stereocenters. The topological polar surface area (TPSA) is 30.5 Å². The summed E-state index contributed by atoms with van der Waals surface area (Å²) in [6, 6.07) is 6.64. The molecule has 1 aliphatic heterocycles. The fourth-order valence-electron chi connectivity index (χ4n) is 2.06. The molecule has 17 heavy (non-hydrogen) atoms. The van der Waals surface area contributed by atoms with Gasteiger partial charge in [0, 0.05) is 17.4 Å². The Kier molecular flexibility index (Phi) is 4.18. The van der Waals surface area contributed by atoms with Gasteiger partial charge in [0.15, 0.2) is 11.5 Å². The third-order valence-corrected chi connectivity index (χ3v) is 4.38. The number of hydrogen-bond acceptors (Lipinski definition) is 4. The van der Waals surface area contributed by atoms with Gasteiger partial charge in [0.05, 0.1) is 19.6 Å². The highest BCUT2D eigenvalue weighted by atomic mass is 32.2. The molecule has 0 amide bonds. The third-order valence-electron chi connectivity index (χ3n) is 3.06. The van der Waals surface area contributed by atoms with E-state index >= 15 is 0 Å². The molecule has 0 radical (unpaired) electrons. The second-order valence-electron chi connectivity index (χ2n) is 4.07. The van der Waals surface area contributed by atoms with Gasteiger partial charge in [0.25, 0.3) is 0 Å². The van der Waals surface area contributed by atoms with Crippen molar-refractivity contribution in [2.75, 3.05) is 20.0 Å². The summed E-state index contributed by atoms with van der Waals surface area (Å²) in [4.78, 5) is 0. The van der Waals surface area contributed by atoms with Crippen LogP contribution in [0.25, 0.3) is 0 Å². The van der Waals surface area contributed by atoms with Crippen LogP contribution in [-0.4, -0.2) is 26.0 Å². The molecular weight excluding hydrogens is 234 g/mol. The molecular formula is C13H19NO2S. The highest BCUT2D eigenvalue weighted by molar-refractivity contribution is 7.99. The Balaban J connectivity index is 2.26. The van der Waals surface area contributed by atoms with E-state index in [9.17, 15) is 0 Å². The lowest BCUT2D eigenvalue weighted by Gasteiger charge is -2.17. The summed E-state index contributed by atoms with van der Waals surface area (Å²) in [5.74, 6) is 2.80. The largest absolute Gasteiger partial charge is 0.493 e. The van der Waals surface area contributed by atoms with E-state index in [4.69, 9.17) is 9.47 Å². The van der Waals surface area contributed by atoms with Gasteiger partial charge in [0.2, 0.25) is 0 Å². The van der Waals surface area contributed by atoms with Gasteiger partial charge >= 0.3 is 0 Å². The van der Waals surface area contributed by atoms with Crippen LogP contribution in [0.2, 0.25) is 0 Å². The summed E-state index contributed by atoms with van der Waals surface area (Å²) in [7, 11) is 3.37. The van der Waals surface area contributed by atoms with Crippen LogP contribution in [0.15, 0.2) is 18.2 Å². The van der Waals surface area contributed by atoms with E-state index < -0.39 is 0 Å².